The van der Waals surface area contributed by atoms with Crippen molar-refractivity contribution in [3.05, 3.63) is 216 Å². The first-order chi connectivity index (χ1) is 29.5. The van der Waals surface area contributed by atoms with Gasteiger partial charge >= 0.3 is 0 Å². The lowest BCUT2D eigenvalue weighted by Gasteiger charge is -2.26. The normalized spacial score (nSPS) is 13.5. The van der Waals surface area contributed by atoms with Gasteiger partial charge in [-0.15, -0.1) is 0 Å². The number of furan rings is 1. The number of anilines is 3. The summed E-state index contributed by atoms with van der Waals surface area (Å²) in [5, 5.41) is 2.50. The monoisotopic (exact) mass is 770 g/mol. The van der Waals surface area contributed by atoms with Crippen molar-refractivity contribution in [1.82, 2.24) is 4.57 Å². The van der Waals surface area contributed by atoms with Crippen molar-refractivity contribution in [2.45, 2.75) is 32.1 Å². The molecule has 0 saturated carbocycles. The molecule has 0 radical (unpaired) electrons. The fourth-order valence-corrected chi connectivity index (χ4v) is 10.2. The zero-order valence-corrected chi connectivity index (χ0v) is 33.7. The Hall–Kier alpha value is -7.36. The van der Waals surface area contributed by atoms with Crippen molar-refractivity contribution in [1.29, 1.82) is 0 Å². The van der Waals surface area contributed by atoms with Crippen molar-refractivity contribution in [2.24, 2.45) is 0 Å². The van der Waals surface area contributed by atoms with Crippen LogP contribution in [0.1, 0.15) is 36.1 Å². The first-order valence-electron chi connectivity index (χ1n) is 21.1. The smallest absolute Gasteiger partial charge is 0.155 e. The minimum atomic E-state index is -0.0943. The maximum absolute atomic E-state index is 7.18. The van der Waals surface area contributed by atoms with Crippen molar-refractivity contribution in [3.63, 3.8) is 0 Å². The van der Waals surface area contributed by atoms with Crippen LogP contribution in [0.3, 0.4) is 0 Å². The van der Waals surface area contributed by atoms with E-state index in [4.69, 9.17) is 4.42 Å². The highest BCUT2D eigenvalue weighted by atomic mass is 16.3. The minimum Gasteiger partial charge on any atom is -0.454 e. The summed E-state index contributed by atoms with van der Waals surface area (Å²) in [6.45, 7) is 4.74. The number of hydrogen-bond donors (Lipinski definition) is 0. The van der Waals surface area contributed by atoms with Gasteiger partial charge in [0.05, 0.1) is 11.2 Å². The number of aryl methyl sites for hydroxylation is 2. The molecular formula is C57H42N2O. The summed E-state index contributed by atoms with van der Waals surface area (Å²) in [6, 6.07) is 70.5. The minimum absolute atomic E-state index is 0.0943. The van der Waals surface area contributed by atoms with Gasteiger partial charge in [-0.05, 0) is 124 Å². The van der Waals surface area contributed by atoms with E-state index in [1.165, 1.54) is 77.6 Å². The van der Waals surface area contributed by atoms with E-state index in [1.54, 1.807) is 0 Å². The number of fused-ring (bicyclic) bond motifs is 10. The van der Waals surface area contributed by atoms with E-state index in [1.807, 2.05) is 0 Å². The molecule has 286 valence electrons. The Morgan fingerprint density at radius 2 is 1.02 bits per heavy atom. The van der Waals surface area contributed by atoms with Crippen LogP contribution in [0, 0.1) is 0 Å². The van der Waals surface area contributed by atoms with Gasteiger partial charge in [0, 0.05) is 50.6 Å². The predicted octanol–water partition coefficient (Wildman–Crippen LogP) is 15.3. The number of benzene rings is 8. The molecule has 0 aliphatic heterocycles. The number of para-hydroxylation sites is 1. The summed E-state index contributed by atoms with van der Waals surface area (Å²) in [4.78, 5) is 2.35. The SMILES string of the molecule is CC1(C)c2ccccc2-c2cc3c4c(n(-c5ccccc5)c3cc21)-c1oc2cc(N(c3ccc(-c5ccccc5)cc3)c3ccc(-c5ccccc5)cc3)ccc2c1CC4. The molecule has 2 aromatic heterocycles. The van der Waals surface area contributed by atoms with Gasteiger partial charge in [-0.1, -0.05) is 141 Å². The summed E-state index contributed by atoms with van der Waals surface area (Å²) in [6.07, 6.45) is 1.87. The number of aromatic nitrogens is 1. The molecule has 0 N–H and O–H groups in total. The van der Waals surface area contributed by atoms with Gasteiger partial charge in [0.15, 0.2) is 5.76 Å². The zero-order chi connectivity index (χ0) is 40.0. The average molecular weight is 771 g/mol. The third-order valence-corrected chi connectivity index (χ3v) is 13.1. The largest absolute Gasteiger partial charge is 0.454 e. The fraction of sp³-hybridized carbons (Fsp3) is 0.0877. The van der Waals surface area contributed by atoms with E-state index in [0.717, 1.165) is 46.9 Å². The average Bonchev–Trinajstić information content (AvgIpc) is 3.92. The van der Waals surface area contributed by atoms with E-state index in [-0.39, 0.29) is 5.41 Å². The number of hydrogen-bond acceptors (Lipinski definition) is 2. The lowest BCUT2D eigenvalue weighted by atomic mass is 9.82. The first kappa shape index (κ1) is 34.7. The highest BCUT2D eigenvalue weighted by Crippen LogP contribution is 2.53. The van der Waals surface area contributed by atoms with Crippen LogP contribution in [0.5, 0.6) is 0 Å². The molecule has 0 fully saturated rings. The van der Waals surface area contributed by atoms with Crippen LogP contribution in [-0.4, -0.2) is 4.57 Å². The molecule has 0 spiro atoms. The Morgan fingerprint density at radius 3 is 1.67 bits per heavy atom. The van der Waals surface area contributed by atoms with Crippen molar-refractivity contribution in [3.8, 4) is 50.5 Å². The summed E-state index contributed by atoms with van der Waals surface area (Å²) >= 11 is 0. The molecule has 60 heavy (non-hydrogen) atoms. The first-order valence-corrected chi connectivity index (χ1v) is 21.1. The second kappa shape index (κ2) is 13.3. The van der Waals surface area contributed by atoms with Crippen LogP contribution in [0.25, 0.3) is 72.4 Å². The maximum Gasteiger partial charge on any atom is 0.155 e. The van der Waals surface area contributed by atoms with E-state index in [9.17, 15) is 0 Å². The maximum atomic E-state index is 7.18. The van der Waals surface area contributed by atoms with Gasteiger partial charge < -0.3 is 13.9 Å². The number of nitrogens with zero attached hydrogens (tertiary/aromatic N) is 2. The molecule has 2 aliphatic carbocycles. The van der Waals surface area contributed by atoms with Gasteiger partial charge in [0.25, 0.3) is 0 Å². The summed E-state index contributed by atoms with van der Waals surface area (Å²) < 4.78 is 9.65. The van der Waals surface area contributed by atoms with Crippen LogP contribution in [0.15, 0.2) is 199 Å². The van der Waals surface area contributed by atoms with E-state index in [0.29, 0.717) is 0 Å². The molecular weight excluding hydrogens is 729 g/mol. The third-order valence-electron chi connectivity index (χ3n) is 13.1. The molecule has 8 aromatic carbocycles. The van der Waals surface area contributed by atoms with Crippen molar-refractivity contribution in [2.75, 3.05) is 4.90 Å². The van der Waals surface area contributed by atoms with Gasteiger partial charge in [-0.3, -0.25) is 0 Å². The summed E-state index contributed by atoms with van der Waals surface area (Å²) in [7, 11) is 0. The standard InChI is InChI=1S/C57H42N2O/c1-57(2)51-21-13-12-20-45(51)49-35-50-47-32-33-48-46-31-30-44(34-54(46)60-56(48)55(47)59(53(50)36-52(49)57)41-18-10-5-11-19-41)58(42-26-22-39(23-27-42)37-14-6-3-7-15-37)43-28-24-40(25-29-43)38-16-8-4-9-17-38/h3-31,34-36H,32-33H2,1-2H3. The molecule has 0 bridgehead atoms. The van der Waals surface area contributed by atoms with E-state index >= 15 is 0 Å². The molecule has 0 atom stereocenters. The molecule has 0 saturated heterocycles. The van der Waals surface area contributed by atoms with Gasteiger partial charge in [-0.2, -0.15) is 0 Å². The van der Waals surface area contributed by atoms with Gasteiger partial charge in [-0.25, -0.2) is 0 Å². The van der Waals surface area contributed by atoms with Gasteiger partial charge in [0.2, 0.25) is 0 Å². The predicted molar refractivity (Wildman–Crippen MR) is 249 cm³/mol. The zero-order valence-electron chi connectivity index (χ0n) is 33.7. The lowest BCUT2D eigenvalue weighted by molar-refractivity contribution is 0.616. The van der Waals surface area contributed by atoms with Crippen LogP contribution in [-0.2, 0) is 18.3 Å². The molecule has 3 nitrogen and oxygen atoms in total. The molecule has 3 heteroatoms. The van der Waals surface area contributed by atoms with Crippen LogP contribution in [0.2, 0.25) is 0 Å². The Balaban J connectivity index is 1.02. The fourth-order valence-electron chi connectivity index (χ4n) is 10.2. The highest BCUT2D eigenvalue weighted by Gasteiger charge is 2.38. The molecule has 0 amide bonds. The molecule has 12 rings (SSSR count). The Morgan fingerprint density at radius 1 is 0.467 bits per heavy atom. The van der Waals surface area contributed by atoms with Crippen LogP contribution >= 0.6 is 0 Å². The van der Waals surface area contributed by atoms with Crippen LogP contribution < -0.4 is 4.90 Å². The molecule has 10 aromatic rings. The lowest BCUT2D eigenvalue weighted by Crippen LogP contribution is -2.15. The summed E-state index contributed by atoms with van der Waals surface area (Å²) in [5.74, 6) is 0.981. The molecule has 2 heterocycles. The summed E-state index contributed by atoms with van der Waals surface area (Å²) in [5.41, 5.74) is 20.5. The topological polar surface area (TPSA) is 21.3 Å². The second-order valence-corrected chi connectivity index (χ2v) is 16.8. The van der Waals surface area contributed by atoms with Crippen LogP contribution in [0.4, 0.5) is 17.1 Å². The highest BCUT2D eigenvalue weighted by molar-refractivity contribution is 6.02. The molecule has 2 aliphatic rings. The Labute approximate surface area is 350 Å². The third kappa shape index (κ3) is 5.29. The Bertz CT molecular complexity index is 3160. The van der Waals surface area contributed by atoms with Gasteiger partial charge in [0.1, 0.15) is 5.58 Å². The van der Waals surface area contributed by atoms with Crippen molar-refractivity contribution < 1.29 is 4.42 Å². The van der Waals surface area contributed by atoms with E-state index in [2.05, 4.69) is 217 Å². The quantitative estimate of drug-likeness (QED) is 0.168. The molecule has 0 unspecified atom stereocenters. The Kier molecular flexibility index (Phi) is 7.71. The van der Waals surface area contributed by atoms with Crippen molar-refractivity contribution >= 4 is 38.9 Å². The number of rotatable bonds is 6. The van der Waals surface area contributed by atoms with E-state index < -0.39 is 0 Å². The second-order valence-electron chi connectivity index (χ2n) is 16.8.